The second-order valence-electron chi connectivity index (χ2n) is 1.37. The highest BCUT2D eigenvalue weighted by Gasteiger charge is 1.83. The van der Waals surface area contributed by atoms with Crippen LogP contribution in [0.25, 0.3) is 0 Å². The second kappa shape index (κ2) is 3.09. The van der Waals surface area contributed by atoms with Gasteiger partial charge in [-0.25, -0.2) is 0 Å². The first kappa shape index (κ1) is 6.10. The predicted molar refractivity (Wildman–Crippen MR) is 39.3 cm³/mol. The van der Waals surface area contributed by atoms with Crippen molar-refractivity contribution in [3.63, 3.8) is 0 Å². The minimum atomic E-state index is 0.674. The van der Waals surface area contributed by atoms with Crippen LogP contribution in [0.3, 0.4) is 0 Å². The molecular weight excluding hydrogens is 134 g/mol. The summed E-state index contributed by atoms with van der Waals surface area (Å²) < 4.78 is 0. The maximum Gasteiger partial charge on any atom is 0.153 e. The van der Waals surface area contributed by atoms with E-state index in [1.807, 2.05) is 0 Å². The molecule has 1 aromatic heterocycles. The quantitative estimate of drug-likeness (QED) is 0.616. The smallest absolute Gasteiger partial charge is 0.153 e. The van der Waals surface area contributed by atoms with Crippen molar-refractivity contribution in [1.29, 1.82) is 0 Å². The Labute approximate surface area is 58.1 Å². The predicted octanol–water partition coefficient (Wildman–Crippen LogP) is 0.846. The zero-order valence-electron chi connectivity index (χ0n) is 4.61. The van der Waals surface area contributed by atoms with Crippen molar-refractivity contribution in [2.24, 2.45) is 0 Å². The van der Waals surface area contributed by atoms with Gasteiger partial charge < -0.3 is 5.32 Å². The molecule has 4 heteroatoms. The van der Waals surface area contributed by atoms with Gasteiger partial charge in [0.25, 0.3) is 0 Å². The molecule has 0 fully saturated rings. The second-order valence-corrected chi connectivity index (χ2v) is 1.61. The molecular formula is C5H5N3S. The third-order valence-electron chi connectivity index (χ3n) is 0.779. The fourth-order valence-electron chi connectivity index (χ4n) is 0.439. The average molecular weight is 139 g/mol. The maximum absolute atomic E-state index is 4.53. The van der Waals surface area contributed by atoms with Crippen LogP contribution in [0, 0.1) is 0 Å². The van der Waals surface area contributed by atoms with Crippen molar-refractivity contribution in [2.75, 3.05) is 5.32 Å². The van der Waals surface area contributed by atoms with Gasteiger partial charge in [-0.15, -0.1) is 5.10 Å². The van der Waals surface area contributed by atoms with Gasteiger partial charge in [0.2, 0.25) is 0 Å². The maximum atomic E-state index is 4.53. The first-order valence-corrected chi connectivity index (χ1v) is 2.88. The summed E-state index contributed by atoms with van der Waals surface area (Å²) >= 11 is 4.53. The van der Waals surface area contributed by atoms with Crippen LogP contribution in [0.2, 0.25) is 0 Å². The Morgan fingerprint density at radius 1 is 1.67 bits per heavy atom. The van der Waals surface area contributed by atoms with Crippen LogP contribution in [0.5, 0.6) is 0 Å². The topological polar surface area (TPSA) is 37.8 Å². The first-order chi connectivity index (χ1) is 4.43. The third-order valence-corrected chi connectivity index (χ3v) is 0.897. The summed E-state index contributed by atoms with van der Waals surface area (Å²) in [6, 6.07) is 3.57. The number of thiocarbonyl (C=S) groups is 1. The summed E-state index contributed by atoms with van der Waals surface area (Å²) in [6.07, 6.45) is 1.61. The van der Waals surface area contributed by atoms with Gasteiger partial charge in [0.05, 0.1) is 5.49 Å². The highest BCUT2D eigenvalue weighted by Crippen LogP contribution is 1.93. The number of nitrogens with zero attached hydrogens (tertiary/aromatic N) is 2. The Bertz CT molecular complexity index is 187. The molecule has 0 spiro atoms. The molecule has 0 bridgehead atoms. The molecule has 0 saturated heterocycles. The van der Waals surface area contributed by atoms with Crippen LogP contribution in [-0.4, -0.2) is 15.7 Å². The summed E-state index contributed by atoms with van der Waals surface area (Å²) in [6.45, 7) is 0. The molecule has 1 heterocycles. The lowest BCUT2D eigenvalue weighted by Crippen LogP contribution is -1.95. The lowest BCUT2D eigenvalue weighted by Gasteiger charge is -1.91. The standard InChI is InChI=1S/C5H5N3S/c9-4-6-5-2-1-3-7-8-5/h1-4H,(H,6,8,9). The van der Waals surface area contributed by atoms with Gasteiger partial charge >= 0.3 is 0 Å². The van der Waals surface area contributed by atoms with Crippen LogP contribution < -0.4 is 5.32 Å². The SMILES string of the molecule is S=CNc1cccnn1. The molecule has 0 radical (unpaired) electrons. The number of hydrogen-bond donors (Lipinski definition) is 1. The molecule has 0 amide bonds. The molecule has 46 valence electrons. The van der Waals surface area contributed by atoms with Crippen LogP contribution >= 0.6 is 12.2 Å². The molecule has 0 aliphatic rings. The van der Waals surface area contributed by atoms with E-state index in [2.05, 4.69) is 27.7 Å². The van der Waals surface area contributed by atoms with E-state index in [-0.39, 0.29) is 0 Å². The zero-order valence-corrected chi connectivity index (χ0v) is 5.43. The largest absolute Gasteiger partial charge is 0.336 e. The van der Waals surface area contributed by atoms with E-state index in [4.69, 9.17) is 0 Å². The molecule has 0 aliphatic heterocycles. The monoisotopic (exact) mass is 139 g/mol. The molecule has 0 aliphatic carbocycles. The van der Waals surface area contributed by atoms with Gasteiger partial charge in [0.15, 0.2) is 5.82 Å². The van der Waals surface area contributed by atoms with Crippen molar-refractivity contribution >= 4 is 23.5 Å². The molecule has 0 atom stereocenters. The van der Waals surface area contributed by atoms with E-state index in [0.29, 0.717) is 5.82 Å². The van der Waals surface area contributed by atoms with Gasteiger partial charge in [-0.3, -0.25) is 0 Å². The van der Waals surface area contributed by atoms with E-state index >= 15 is 0 Å². The molecule has 1 aromatic rings. The molecule has 1 rings (SSSR count). The van der Waals surface area contributed by atoms with Gasteiger partial charge in [0.1, 0.15) is 0 Å². The summed E-state index contributed by atoms with van der Waals surface area (Å²) in [7, 11) is 0. The lowest BCUT2D eigenvalue weighted by molar-refractivity contribution is 1.04. The van der Waals surface area contributed by atoms with E-state index in [1.165, 1.54) is 5.49 Å². The summed E-state index contributed by atoms with van der Waals surface area (Å²) in [4.78, 5) is 0. The summed E-state index contributed by atoms with van der Waals surface area (Å²) in [5.41, 5.74) is 1.39. The molecule has 3 nitrogen and oxygen atoms in total. The number of hydrogen-bond acceptors (Lipinski definition) is 3. The minimum Gasteiger partial charge on any atom is -0.336 e. The Morgan fingerprint density at radius 3 is 3.11 bits per heavy atom. The van der Waals surface area contributed by atoms with Crippen LogP contribution in [0.15, 0.2) is 18.3 Å². The number of anilines is 1. The van der Waals surface area contributed by atoms with Gasteiger partial charge in [-0.1, -0.05) is 12.2 Å². The Morgan fingerprint density at radius 2 is 2.56 bits per heavy atom. The lowest BCUT2D eigenvalue weighted by atomic mass is 10.5. The minimum absolute atomic E-state index is 0.674. The highest BCUT2D eigenvalue weighted by atomic mass is 32.1. The number of rotatable bonds is 2. The first-order valence-electron chi connectivity index (χ1n) is 2.41. The highest BCUT2D eigenvalue weighted by molar-refractivity contribution is 7.79. The van der Waals surface area contributed by atoms with E-state index in [0.717, 1.165) is 0 Å². The average Bonchev–Trinajstić information content (AvgIpc) is 1.91. The molecule has 0 saturated carbocycles. The van der Waals surface area contributed by atoms with Gasteiger partial charge in [-0.05, 0) is 12.1 Å². The summed E-state index contributed by atoms with van der Waals surface area (Å²) in [5, 5.41) is 10.1. The Hall–Kier alpha value is -1.03. The van der Waals surface area contributed by atoms with E-state index in [9.17, 15) is 0 Å². The Balaban J connectivity index is 2.72. The van der Waals surface area contributed by atoms with Crippen molar-refractivity contribution < 1.29 is 0 Å². The third kappa shape index (κ3) is 1.73. The molecule has 9 heavy (non-hydrogen) atoms. The van der Waals surface area contributed by atoms with E-state index < -0.39 is 0 Å². The van der Waals surface area contributed by atoms with Crippen LogP contribution in [-0.2, 0) is 0 Å². The molecule has 0 aromatic carbocycles. The van der Waals surface area contributed by atoms with Gasteiger partial charge in [-0.2, -0.15) is 5.10 Å². The summed E-state index contributed by atoms with van der Waals surface area (Å²) in [5.74, 6) is 0.674. The van der Waals surface area contributed by atoms with Gasteiger partial charge in [0, 0.05) is 6.20 Å². The molecule has 0 unspecified atom stereocenters. The van der Waals surface area contributed by atoms with E-state index in [1.54, 1.807) is 18.3 Å². The Kier molecular flexibility index (Phi) is 2.09. The zero-order chi connectivity index (χ0) is 6.53. The fourth-order valence-corrected chi connectivity index (χ4v) is 0.560. The molecule has 1 N–H and O–H groups in total. The van der Waals surface area contributed by atoms with Crippen molar-refractivity contribution in [3.8, 4) is 0 Å². The van der Waals surface area contributed by atoms with Crippen LogP contribution in [0.1, 0.15) is 0 Å². The number of nitrogens with one attached hydrogen (secondary N) is 1. The number of aromatic nitrogens is 2. The fraction of sp³-hybridized carbons (Fsp3) is 0. The van der Waals surface area contributed by atoms with Crippen molar-refractivity contribution in [1.82, 2.24) is 10.2 Å². The normalized spacial score (nSPS) is 8.44. The van der Waals surface area contributed by atoms with Crippen molar-refractivity contribution in [2.45, 2.75) is 0 Å². The van der Waals surface area contributed by atoms with Crippen molar-refractivity contribution in [3.05, 3.63) is 18.3 Å². The van der Waals surface area contributed by atoms with Crippen LogP contribution in [0.4, 0.5) is 5.82 Å².